The SMILES string of the molecule is CC(n1nc(-c2ccc(CNC(=O)OC(C)(C)C)c(N)c2O)c(C#N)c1N)C(F)(F)F. The van der Waals surface area contributed by atoms with Crippen LogP contribution < -0.4 is 16.8 Å². The molecule has 1 heterocycles. The number of nitriles is 1. The number of phenols is 1. The number of alkyl carbamates (subject to hydrolysis) is 1. The average molecular weight is 440 g/mol. The number of amides is 1. The molecular weight excluding hydrogens is 417 g/mol. The van der Waals surface area contributed by atoms with E-state index in [4.69, 9.17) is 16.2 Å². The lowest BCUT2D eigenvalue weighted by molar-refractivity contribution is -0.164. The summed E-state index contributed by atoms with van der Waals surface area (Å²) < 4.78 is 44.9. The number of anilines is 2. The molecule has 12 heteroatoms. The number of ether oxygens (including phenoxy) is 1. The number of aromatic nitrogens is 2. The summed E-state index contributed by atoms with van der Waals surface area (Å²) in [6, 6.07) is 2.38. The zero-order chi connectivity index (χ0) is 23.7. The van der Waals surface area contributed by atoms with E-state index in [-0.39, 0.29) is 29.1 Å². The van der Waals surface area contributed by atoms with Crippen LogP contribution in [0.4, 0.5) is 29.5 Å². The van der Waals surface area contributed by atoms with Crippen molar-refractivity contribution in [2.45, 2.75) is 52.1 Å². The molecule has 31 heavy (non-hydrogen) atoms. The number of carbonyl (C=O) groups is 1. The van der Waals surface area contributed by atoms with Crippen LogP contribution in [0.15, 0.2) is 12.1 Å². The number of aromatic hydroxyl groups is 1. The number of carbonyl (C=O) groups excluding carboxylic acids is 1. The first-order valence-electron chi connectivity index (χ1n) is 9.09. The molecule has 9 nitrogen and oxygen atoms in total. The van der Waals surface area contributed by atoms with Crippen LogP contribution in [0.3, 0.4) is 0 Å². The summed E-state index contributed by atoms with van der Waals surface area (Å²) in [5.74, 6) is -1.000. The summed E-state index contributed by atoms with van der Waals surface area (Å²) in [5.41, 5.74) is 10.5. The van der Waals surface area contributed by atoms with Crippen LogP contribution in [0.2, 0.25) is 0 Å². The van der Waals surface area contributed by atoms with E-state index in [9.17, 15) is 28.3 Å². The average Bonchev–Trinajstić information content (AvgIpc) is 2.96. The third-order valence-corrected chi connectivity index (χ3v) is 4.28. The van der Waals surface area contributed by atoms with Gasteiger partial charge >= 0.3 is 12.3 Å². The van der Waals surface area contributed by atoms with Crippen molar-refractivity contribution >= 4 is 17.6 Å². The second-order valence-electron chi connectivity index (χ2n) is 7.77. The molecule has 0 radical (unpaired) electrons. The molecule has 0 aliphatic carbocycles. The zero-order valence-electron chi connectivity index (χ0n) is 17.3. The molecule has 1 aromatic carbocycles. The Morgan fingerprint density at radius 1 is 1.35 bits per heavy atom. The van der Waals surface area contributed by atoms with Crippen LogP contribution >= 0.6 is 0 Å². The molecule has 1 amide bonds. The predicted octanol–water partition coefficient (Wildman–Crippen LogP) is 3.44. The van der Waals surface area contributed by atoms with E-state index in [2.05, 4.69) is 10.4 Å². The highest BCUT2D eigenvalue weighted by atomic mass is 19.4. The van der Waals surface area contributed by atoms with Crippen molar-refractivity contribution in [2.75, 3.05) is 11.5 Å². The Hall–Kier alpha value is -3.62. The van der Waals surface area contributed by atoms with Gasteiger partial charge in [-0.25, -0.2) is 9.48 Å². The number of benzene rings is 1. The molecule has 0 spiro atoms. The van der Waals surface area contributed by atoms with Gasteiger partial charge in [0.1, 0.15) is 40.5 Å². The van der Waals surface area contributed by atoms with Crippen molar-refractivity contribution in [1.82, 2.24) is 15.1 Å². The Balaban J connectivity index is 2.40. The molecule has 0 fully saturated rings. The monoisotopic (exact) mass is 440 g/mol. The van der Waals surface area contributed by atoms with Gasteiger partial charge in [0.15, 0.2) is 0 Å². The number of hydrogen-bond acceptors (Lipinski definition) is 7. The minimum atomic E-state index is -4.65. The van der Waals surface area contributed by atoms with Gasteiger partial charge < -0.3 is 26.6 Å². The van der Waals surface area contributed by atoms with Gasteiger partial charge in [0, 0.05) is 12.1 Å². The van der Waals surface area contributed by atoms with E-state index in [1.54, 1.807) is 26.8 Å². The number of phenolic OH excluding ortho intramolecular Hbond substituents is 1. The lowest BCUT2D eigenvalue weighted by Gasteiger charge is -2.20. The highest BCUT2D eigenvalue weighted by Crippen LogP contribution is 2.40. The van der Waals surface area contributed by atoms with Gasteiger partial charge in [-0.1, -0.05) is 6.07 Å². The van der Waals surface area contributed by atoms with Gasteiger partial charge in [-0.15, -0.1) is 0 Å². The summed E-state index contributed by atoms with van der Waals surface area (Å²) in [6.07, 6.45) is -5.35. The van der Waals surface area contributed by atoms with Crippen LogP contribution in [-0.4, -0.2) is 32.8 Å². The number of rotatable bonds is 4. The van der Waals surface area contributed by atoms with Crippen molar-refractivity contribution in [1.29, 1.82) is 5.26 Å². The van der Waals surface area contributed by atoms with E-state index >= 15 is 0 Å². The maximum Gasteiger partial charge on any atom is 0.410 e. The summed E-state index contributed by atoms with van der Waals surface area (Å²) in [6.45, 7) is 5.84. The smallest absolute Gasteiger partial charge is 0.410 e. The van der Waals surface area contributed by atoms with Gasteiger partial charge in [0.25, 0.3) is 0 Å². The van der Waals surface area contributed by atoms with E-state index in [0.717, 1.165) is 6.92 Å². The first-order chi connectivity index (χ1) is 14.2. The third-order valence-electron chi connectivity index (χ3n) is 4.28. The number of nitrogens with two attached hydrogens (primary N) is 2. The van der Waals surface area contributed by atoms with Gasteiger partial charge in [-0.3, -0.25) is 0 Å². The molecule has 1 aromatic heterocycles. The van der Waals surface area contributed by atoms with E-state index in [1.165, 1.54) is 12.1 Å². The van der Waals surface area contributed by atoms with Crippen molar-refractivity contribution < 1.29 is 27.8 Å². The predicted molar refractivity (Wildman–Crippen MR) is 107 cm³/mol. The fourth-order valence-corrected chi connectivity index (χ4v) is 2.66. The number of hydrogen-bond donors (Lipinski definition) is 4. The normalized spacial score (nSPS) is 12.8. The van der Waals surface area contributed by atoms with E-state index in [0.29, 0.717) is 10.2 Å². The van der Waals surface area contributed by atoms with Crippen LogP contribution in [0, 0.1) is 11.3 Å². The lowest BCUT2D eigenvalue weighted by atomic mass is 10.0. The van der Waals surface area contributed by atoms with Gasteiger partial charge in [-0.2, -0.15) is 23.5 Å². The first-order valence-corrected chi connectivity index (χ1v) is 9.09. The summed E-state index contributed by atoms with van der Waals surface area (Å²) in [5, 5.41) is 26.2. The van der Waals surface area contributed by atoms with E-state index in [1.807, 2.05) is 0 Å². The van der Waals surface area contributed by atoms with Gasteiger partial charge in [0.05, 0.1) is 5.69 Å². The second kappa shape index (κ2) is 8.25. The maximum atomic E-state index is 13.1. The molecule has 2 aromatic rings. The number of nitrogens with one attached hydrogen (secondary N) is 1. The Kier molecular flexibility index (Phi) is 6.30. The Bertz CT molecular complexity index is 1030. The van der Waals surface area contributed by atoms with Crippen LogP contribution in [-0.2, 0) is 11.3 Å². The number of nitrogen functional groups attached to an aromatic ring is 2. The maximum absolute atomic E-state index is 13.1. The van der Waals surface area contributed by atoms with Gasteiger partial charge in [-0.05, 0) is 39.3 Å². The topological polar surface area (TPSA) is 152 Å². The Morgan fingerprint density at radius 2 is 1.97 bits per heavy atom. The molecule has 2 rings (SSSR count). The summed E-state index contributed by atoms with van der Waals surface area (Å²) >= 11 is 0. The summed E-state index contributed by atoms with van der Waals surface area (Å²) in [7, 11) is 0. The molecule has 0 saturated heterocycles. The Morgan fingerprint density at radius 3 is 2.48 bits per heavy atom. The lowest BCUT2D eigenvalue weighted by Crippen LogP contribution is -2.32. The quantitative estimate of drug-likeness (QED) is 0.420. The standard InChI is InChI=1S/C19H23F3N6O3/c1-9(19(20,21)22)28-16(25)12(7-23)14(27-28)11-6-5-10(13(24)15(11)29)8-26-17(30)31-18(2,3)4/h5-6,9,29H,8,24-25H2,1-4H3,(H,26,30). The number of nitrogens with zero attached hydrogens (tertiary/aromatic N) is 3. The van der Waals surface area contributed by atoms with E-state index < -0.39 is 35.5 Å². The molecule has 1 atom stereocenters. The highest BCUT2D eigenvalue weighted by Gasteiger charge is 2.40. The van der Waals surface area contributed by atoms with Crippen molar-refractivity contribution in [2.24, 2.45) is 0 Å². The van der Waals surface area contributed by atoms with Gasteiger partial charge in [0.2, 0.25) is 0 Å². The summed E-state index contributed by atoms with van der Waals surface area (Å²) in [4.78, 5) is 11.8. The first kappa shape index (κ1) is 23.7. The molecule has 1 unspecified atom stereocenters. The fourth-order valence-electron chi connectivity index (χ4n) is 2.66. The Labute approximate surface area is 176 Å². The molecule has 168 valence electrons. The minimum Gasteiger partial charge on any atom is -0.505 e. The van der Waals surface area contributed by atoms with Crippen LogP contribution in [0.1, 0.15) is 44.9 Å². The van der Waals surface area contributed by atoms with Crippen LogP contribution in [0.5, 0.6) is 5.75 Å². The number of alkyl halides is 3. The molecule has 6 N–H and O–H groups in total. The van der Waals surface area contributed by atoms with Crippen LogP contribution in [0.25, 0.3) is 11.3 Å². The zero-order valence-corrected chi connectivity index (χ0v) is 17.3. The molecule has 0 aliphatic heterocycles. The molecule has 0 saturated carbocycles. The third kappa shape index (κ3) is 5.11. The molecule has 0 bridgehead atoms. The van der Waals surface area contributed by atoms with Crippen molar-refractivity contribution in [3.63, 3.8) is 0 Å². The minimum absolute atomic E-state index is 0.0742. The highest BCUT2D eigenvalue weighted by molar-refractivity contribution is 5.82. The second-order valence-corrected chi connectivity index (χ2v) is 7.77. The molecule has 0 aliphatic rings. The van der Waals surface area contributed by atoms with Crippen molar-refractivity contribution in [3.05, 3.63) is 23.3 Å². The van der Waals surface area contributed by atoms with Crippen molar-refractivity contribution in [3.8, 4) is 23.1 Å². The largest absolute Gasteiger partial charge is 0.505 e. The fraction of sp³-hybridized carbons (Fsp3) is 0.421. The molecular formula is C19H23F3N6O3. The number of halogens is 3.